The molecule has 2 rings (SSSR count). The molecule has 0 aliphatic rings. The number of ether oxygens (including phenoxy) is 3. The van der Waals surface area contributed by atoms with Crippen LogP contribution < -0.4 is 19.9 Å². The fourth-order valence-corrected chi connectivity index (χ4v) is 1.92. The second kappa shape index (κ2) is 6.90. The normalized spacial score (nSPS) is 11.8. The summed E-state index contributed by atoms with van der Waals surface area (Å²) >= 11 is 0. The average Bonchev–Trinajstić information content (AvgIpc) is 2.54. The smallest absolute Gasteiger partial charge is 0.240 e. The average molecular weight is 289 g/mol. The Bertz CT molecular complexity index is 587. The lowest BCUT2D eigenvalue weighted by molar-refractivity contribution is 0.340. The van der Waals surface area contributed by atoms with Crippen molar-refractivity contribution in [3.63, 3.8) is 0 Å². The third-order valence-corrected chi connectivity index (χ3v) is 2.99. The minimum atomic E-state index is -0.436. The SMILES string of the molecule is CCOc1ccc(C(N)c2ncc(OC)nc2OC)cc1. The molecule has 1 aromatic carbocycles. The van der Waals surface area contributed by atoms with Gasteiger partial charge in [0.05, 0.1) is 33.1 Å². The lowest BCUT2D eigenvalue weighted by Gasteiger charge is -2.15. The molecular weight excluding hydrogens is 270 g/mol. The molecule has 0 bridgehead atoms. The van der Waals surface area contributed by atoms with E-state index in [1.807, 2.05) is 31.2 Å². The lowest BCUT2D eigenvalue weighted by Crippen LogP contribution is -2.15. The molecule has 0 fully saturated rings. The highest BCUT2D eigenvalue weighted by atomic mass is 16.5. The Morgan fingerprint density at radius 1 is 1.14 bits per heavy atom. The highest BCUT2D eigenvalue weighted by Gasteiger charge is 2.18. The van der Waals surface area contributed by atoms with Crippen molar-refractivity contribution in [1.82, 2.24) is 9.97 Å². The summed E-state index contributed by atoms with van der Waals surface area (Å²) in [4.78, 5) is 8.48. The van der Waals surface area contributed by atoms with Crippen LogP contribution in [0.1, 0.15) is 24.2 Å². The summed E-state index contributed by atoms with van der Waals surface area (Å²) in [6.45, 7) is 2.57. The number of nitrogens with zero attached hydrogens (tertiary/aromatic N) is 2. The first-order valence-electron chi connectivity index (χ1n) is 6.62. The van der Waals surface area contributed by atoms with Crippen LogP contribution in [0.3, 0.4) is 0 Å². The van der Waals surface area contributed by atoms with E-state index in [4.69, 9.17) is 19.9 Å². The minimum Gasteiger partial charge on any atom is -0.494 e. The molecule has 1 atom stereocenters. The molecular formula is C15H19N3O3. The Labute approximate surface area is 123 Å². The van der Waals surface area contributed by atoms with E-state index in [-0.39, 0.29) is 0 Å². The summed E-state index contributed by atoms with van der Waals surface area (Å²) in [5, 5.41) is 0. The second-order valence-corrected chi connectivity index (χ2v) is 4.29. The fraction of sp³-hybridized carbons (Fsp3) is 0.333. The van der Waals surface area contributed by atoms with Gasteiger partial charge in [-0.25, -0.2) is 4.98 Å². The monoisotopic (exact) mass is 289 g/mol. The van der Waals surface area contributed by atoms with Crippen molar-refractivity contribution in [3.05, 3.63) is 41.7 Å². The summed E-state index contributed by atoms with van der Waals surface area (Å²) in [7, 11) is 3.05. The molecule has 21 heavy (non-hydrogen) atoms. The molecule has 1 heterocycles. The van der Waals surface area contributed by atoms with E-state index in [2.05, 4.69) is 9.97 Å². The Balaban J connectivity index is 2.28. The molecule has 0 saturated carbocycles. The maximum atomic E-state index is 6.24. The van der Waals surface area contributed by atoms with E-state index in [9.17, 15) is 0 Å². The summed E-state index contributed by atoms with van der Waals surface area (Å²) < 4.78 is 15.7. The minimum absolute atomic E-state index is 0.357. The number of hydrogen-bond donors (Lipinski definition) is 1. The van der Waals surface area contributed by atoms with Gasteiger partial charge in [0.25, 0.3) is 0 Å². The van der Waals surface area contributed by atoms with Crippen molar-refractivity contribution >= 4 is 0 Å². The van der Waals surface area contributed by atoms with Gasteiger partial charge in [-0.3, -0.25) is 0 Å². The topological polar surface area (TPSA) is 79.5 Å². The van der Waals surface area contributed by atoms with Crippen molar-refractivity contribution in [3.8, 4) is 17.5 Å². The van der Waals surface area contributed by atoms with Gasteiger partial charge in [-0.15, -0.1) is 0 Å². The van der Waals surface area contributed by atoms with E-state index in [0.29, 0.717) is 24.1 Å². The van der Waals surface area contributed by atoms with Crippen LogP contribution in [0.25, 0.3) is 0 Å². The van der Waals surface area contributed by atoms with Crippen molar-refractivity contribution < 1.29 is 14.2 Å². The molecule has 0 aliphatic heterocycles. The zero-order chi connectivity index (χ0) is 15.2. The molecule has 1 aromatic heterocycles. The quantitative estimate of drug-likeness (QED) is 0.875. The van der Waals surface area contributed by atoms with Gasteiger partial charge in [0.15, 0.2) is 0 Å². The Hall–Kier alpha value is -2.34. The number of aromatic nitrogens is 2. The number of rotatable bonds is 6. The number of hydrogen-bond acceptors (Lipinski definition) is 6. The number of methoxy groups -OCH3 is 2. The highest BCUT2D eigenvalue weighted by molar-refractivity contribution is 5.36. The van der Waals surface area contributed by atoms with Crippen molar-refractivity contribution in [1.29, 1.82) is 0 Å². The Morgan fingerprint density at radius 2 is 1.86 bits per heavy atom. The molecule has 2 aromatic rings. The zero-order valence-corrected chi connectivity index (χ0v) is 12.4. The van der Waals surface area contributed by atoms with Gasteiger partial charge < -0.3 is 19.9 Å². The molecule has 112 valence electrons. The molecule has 0 aliphatic carbocycles. The van der Waals surface area contributed by atoms with Gasteiger partial charge in [-0.05, 0) is 24.6 Å². The second-order valence-electron chi connectivity index (χ2n) is 4.29. The third kappa shape index (κ3) is 3.41. The molecule has 0 spiro atoms. The standard InChI is InChI=1S/C15H19N3O3/c1-4-21-11-7-5-10(6-8-11)13(16)14-15(20-3)18-12(19-2)9-17-14/h5-9,13H,4,16H2,1-3H3. The summed E-state index contributed by atoms with van der Waals surface area (Å²) in [5.74, 6) is 1.55. The van der Waals surface area contributed by atoms with Gasteiger partial charge in [-0.1, -0.05) is 12.1 Å². The van der Waals surface area contributed by atoms with Crippen LogP contribution in [-0.2, 0) is 0 Å². The first-order chi connectivity index (χ1) is 10.2. The van der Waals surface area contributed by atoms with Crippen LogP contribution in [0.15, 0.2) is 30.5 Å². The predicted molar refractivity (Wildman–Crippen MR) is 78.8 cm³/mol. The predicted octanol–water partition coefficient (Wildman–Crippen LogP) is 1.94. The van der Waals surface area contributed by atoms with Crippen molar-refractivity contribution in [2.75, 3.05) is 20.8 Å². The van der Waals surface area contributed by atoms with E-state index in [0.717, 1.165) is 11.3 Å². The maximum absolute atomic E-state index is 6.24. The van der Waals surface area contributed by atoms with Crippen LogP contribution in [0, 0.1) is 0 Å². The molecule has 0 amide bonds. The number of nitrogens with two attached hydrogens (primary N) is 1. The van der Waals surface area contributed by atoms with Crippen LogP contribution in [-0.4, -0.2) is 30.8 Å². The third-order valence-electron chi connectivity index (χ3n) is 2.99. The van der Waals surface area contributed by atoms with Gasteiger partial charge >= 0.3 is 0 Å². The highest BCUT2D eigenvalue weighted by Crippen LogP contribution is 2.27. The first-order valence-corrected chi connectivity index (χ1v) is 6.62. The first kappa shape index (κ1) is 15.1. The Kier molecular flexibility index (Phi) is 4.94. The summed E-state index contributed by atoms with van der Waals surface area (Å²) in [6, 6.07) is 7.13. The Morgan fingerprint density at radius 3 is 2.43 bits per heavy atom. The largest absolute Gasteiger partial charge is 0.494 e. The van der Waals surface area contributed by atoms with E-state index < -0.39 is 6.04 Å². The van der Waals surface area contributed by atoms with Gasteiger partial charge in [0.1, 0.15) is 11.4 Å². The molecule has 0 saturated heterocycles. The zero-order valence-electron chi connectivity index (χ0n) is 12.4. The molecule has 6 heteroatoms. The summed E-state index contributed by atoms with van der Waals surface area (Å²) in [5.41, 5.74) is 7.70. The number of benzene rings is 1. The molecule has 0 radical (unpaired) electrons. The van der Waals surface area contributed by atoms with Crippen LogP contribution in [0.2, 0.25) is 0 Å². The van der Waals surface area contributed by atoms with Crippen LogP contribution in [0.5, 0.6) is 17.5 Å². The molecule has 1 unspecified atom stereocenters. The van der Waals surface area contributed by atoms with Crippen molar-refractivity contribution in [2.45, 2.75) is 13.0 Å². The lowest BCUT2D eigenvalue weighted by atomic mass is 10.0. The molecule has 2 N–H and O–H groups in total. The van der Waals surface area contributed by atoms with Crippen molar-refractivity contribution in [2.24, 2.45) is 5.73 Å². The fourth-order valence-electron chi connectivity index (χ4n) is 1.92. The summed E-state index contributed by atoms with van der Waals surface area (Å²) in [6.07, 6.45) is 1.52. The van der Waals surface area contributed by atoms with E-state index in [1.54, 1.807) is 0 Å². The van der Waals surface area contributed by atoms with E-state index >= 15 is 0 Å². The van der Waals surface area contributed by atoms with Gasteiger partial charge in [-0.2, -0.15) is 4.98 Å². The molecule has 6 nitrogen and oxygen atoms in total. The van der Waals surface area contributed by atoms with E-state index in [1.165, 1.54) is 20.4 Å². The van der Waals surface area contributed by atoms with Crippen LogP contribution in [0.4, 0.5) is 0 Å². The van der Waals surface area contributed by atoms with Gasteiger partial charge in [0, 0.05) is 0 Å². The van der Waals surface area contributed by atoms with Crippen LogP contribution >= 0.6 is 0 Å². The van der Waals surface area contributed by atoms with Gasteiger partial charge in [0.2, 0.25) is 11.8 Å². The maximum Gasteiger partial charge on any atom is 0.240 e.